The molecule has 2 heterocycles. The van der Waals surface area contributed by atoms with E-state index >= 15 is 0 Å². The zero-order valence-corrected chi connectivity index (χ0v) is 16.3. The van der Waals surface area contributed by atoms with Crippen molar-refractivity contribution >= 4 is 17.7 Å². The molecule has 1 fully saturated rings. The van der Waals surface area contributed by atoms with Crippen LogP contribution in [0.15, 0.2) is 65.2 Å². The molecule has 142 valence electrons. The minimum absolute atomic E-state index is 0.000728. The van der Waals surface area contributed by atoms with Crippen LogP contribution in [0, 0.1) is 17.1 Å². The van der Waals surface area contributed by atoms with Gasteiger partial charge in [-0.25, -0.2) is 4.39 Å². The van der Waals surface area contributed by atoms with Crippen LogP contribution in [0.25, 0.3) is 0 Å². The van der Waals surface area contributed by atoms with E-state index in [-0.39, 0.29) is 30.1 Å². The van der Waals surface area contributed by atoms with Crippen molar-refractivity contribution in [1.82, 2.24) is 9.80 Å². The second-order valence-electron chi connectivity index (χ2n) is 7.05. The van der Waals surface area contributed by atoms with Crippen molar-refractivity contribution in [2.75, 3.05) is 12.5 Å². The van der Waals surface area contributed by atoms with Crippen molar-refractivity contribution in [2.45, 2.75) is 25.3 Å². The minimum Gasteiger partial charge on any atom is -0.292 e. The van der Waals surface area contributed by atoms with Gasteiger partial charge in [0.2, 0.25) is 5.91 Å². The number of hydrogen-bond donors (Lipinski definition) is 0. The van der Waals surface area contributed by atoms with Gasteiger partial charge in [0.1, 0.15) is 5.82 Å². The third-order valence-electron chi connectivity index (χ3n) is 5.42. The van der Waals surface area contributed by atoms with Crippen molar-refractivity contribution in [1.29, 1.82) is 5.26 Å². The lowest BCUT2D eigenvalue weighted by Crippen LogP contribution is -2.47. The summed E-state index contributed by atoms with van der Waals surface area (Å²) in [6.45, 7) is 2.60. The molecule has 0 aliphatic carbocycles. The van der Waals surface area contributed by atoms with Gasteiger partial charge >= 0.3 is 0 Å². The number of allylic oxidation sites excluding steroid dienone is 1. The highest BCUT2D eigenvalue weighted by atomic mass is 32.2. The van der Waals surface area contributed by atoms with Crippen LogP contribution in [0.2, 0.25) is 0 Å². The summed E-state index contributed by atoms with van der Waals surface area (Å²) in [7, 11) is 0. The number of thioether (sulfide) groups is 1. The quantitative estimate of drug-likeness (QED) is 0.765. The summed E-state index contributed by atoms with van der Waals surface area (Å²) >= 11 is 1.53. The Balaban J connectivity index is 1.62. The van der Waals surface area contributed by atoms with Gasteiger partial charge in [-0.3, -0.25) is 14.6 Å². The van der Waals surface area contributed by atoms with Crippen molar-refractivity contribution in [2.24, 2.45) is 0 Å². The molecule has 0 radical (unpaired) electrons. The van der Waals surface area contributed by atoms with Crippen molar-refractivity contribution in [3.63, 3.8) is 0 Å². The fourth-order valence-electron chi connectivity index (χ4n) is 3.74. The van der Waals surface area contributed by atoms with Crippen molar-refractivity contribution in [3.8, 4) is 6.07 Å². The molecule has 2 aliphatic heterocycles. The molecule has 0 unspecified atom stereocenters. The first-order valence-corrected chi connectivity index (χ1v) is 10.2. The third-order valence-corrected chi connectivity index (χ3v) is 6.59. The van der Waals surface area contributed by atoms with E-state index in [1.165, 1.54) is 29.5 Å². The van der Waals surface area contributed by atoms with Gasteiger partial charge in [-0.2, -0.15) is 5.26 Å². The maximum atomic E-state index is 13.3. The average molecular weight is 393 g/mol. The Bertz CT molecular complexity index is 952. The van der Waals surface area contributed by atoms with E-state index in [2.05, 4.69) is 30.0 Å². The summed E-state index contributed by atoms with van der Waals surface area (Å²) in [5.74, 6) is 0.0724. The molecule has 4 nitrogen and oxygen atoms in total. The summed E-state index contributed by atoms with van der Waals surface area (Å²) in [6, 6.07) is 18.8. The summed E-state index contributed by atoms with van der Waals surface area (Å²) < 4.78 is 13.3. The molecular weight excluding hydrogens is 373 g/mol. The van der Waals surface area contributed by atoms with Gasteiger partial charge in [-0.1, -0.05) is 54.2 Å². The number of halogens is 1. The fraction of sp³-hybridized carbons (Fsp3) is 0.273. The lowest BCUT2D eigenvalue weighted by Gasteiger charge is -2.43. The van der Waals surface area contributed by atoms with E-state index in [9.17, 15) is 14.4 Å². The number of carbonyl (C=O) groups is 1. The lowest BCUT2D eigenvalue weighted by molar-refractivity contribution is -0.132. The van der Waals surface area contributed by atoms with Crippen molar-refractivity contribution < 1.29 is 9.18 Å². The van der Waals surface area contributed by atoms with Gasteiger partial charge in [0.15, 0.2) is 0 Å². The molecule has 4 rings (SSSR count). The molecular formula is C22H20FN3OS. The number of carbonyl (C=O) groups excluding carboxylic acids is 1. The number of nitriles is 1. The molecule has 0 aromatic heterocycles. The lowest BCUT2D eigenvalue weighted by atomic mass is 9.86. The summed E-state index contributed by atoms with van der Waals surface area (Å²) in [6.07, 6.45) is 0.228. The largest absolute Gasteiger partial charge is 0.292 e. The topological polar surface area (TPSA) is 47.3 Å². The third kappa shape index (κ3) is 3.44. The van der Waals surface area contributed by atoms with Crippen LogP contribution in [0.5, 0.6) is 0 Å². The summed E-state index contributed by atoms with van der Waals surface area (Å²) in [4.78, 5) is 16.9. The van der Waals surface area contributed by atoms with Crippen LogP contribution >= 0.6 is 11.8 Å². The Morgan fingerprint density at radius 2 is 1.89 bits per heavy atom. The fourth-order valence-corrected chi connectivity index (χ4v) is 4.99. The summed E-state index contributed by atoms with van der Waals surface area (Å²) in [5, 5.41) is 10.5. The van der Waals surface area contributed by atoms with Gasteiger partial charge < -0.3 is 0 Å². The first-order valence-electron chi connectivity index (χ1n) is 9.20. The van der Waals surface area contributed by atoms with Gasteiger partial charge in [-0.05, 0) is 30.2 Å². The molecule has 2 aromatic carbocycles. The second-order valence-corrected chi connectivity index (χ2v) is 7.98. The Labute approximate surface area is 168 Å². The first-order chi connectivity index (χ1) is 13.6. The average Bonchev–Trinajstić information content (AvgIpc) is 2.74. The highest BCUT2D eigenvalue weighted by Gasteiger charge is 2.39. The molecule has 2 aliphatic rings. The second kappa shape index (κ2) is 7.78. The van der Waals surface area contributed by atoms with E-state index in [4.69, 9.17) is 0 Å². The predicted octanol–water partition coefficient (Wildman–Crippen LogP) is 4.60. The molecule has 0 bridgehead atoms. The van der Waals surface area contributed by atoms with Gasteiger partial charge in [0.25, 0.3) is 0 Å². The van der Waals surface area contributed by atoms with E-state index < -0.39 is 0 Å². The van der Waals surface area contributed by atoms with Crippen LogP contribution in [0.4, 0.5) is 4.39 Å². The molecule has 0 N–H and O–H groups in total. The molecule has 0 spiro atoms. The highest BCUT2D eigenvalue weighted by molar-refractivity contribution is 8.03. The van der Waals surface area contributed by atoms with E-state index in [0.29, 0.717) is 18.1 Å². The van der Waals surface area contributed by atoms with E-state index in [1.54, 1.807) is 17.0 Å². The Hall–Kier alpha value is -2.62. The SMILES string of the molecule is C[C@H](c1ccccc1)N1CSC2=C(C#N)[C@@H](c3ccc(F)cc3)CC(=O)N2C1. The predicted molar refractivity (Wildman–Crippen MR) is 107 cm³/mol. The van der Waals surface area contributed by atoms with E-state index in [0.717, 1.165) is 10.6 Å². The van der Waals surface area contributed by atoms with E-state index in [1.807, 2.05) is 18.2 Å². The Morgan fingerprint density at radius 1 is 1.18 bits per heavy atom. The zero-order chi connectivity index (χ0) is 19.7. The maximum Gasteiger partial charge on any atom is 0.229 e. The minimum atomic E-state index is -0.323. The molecule has 2 atom stereocenters. The number of amides is 1. The number of fused-ring (bicyclic) bond motifs is 1. The Kier molecular flexibility index (Phi) is 5.21. The maximum absolute atomic E-state index is 13.3. The molecule has 28 heavy (non-hydrogen) atoms. The molecule has 2 aromatic rings. The van der Waals surface area contributed by atoms with Crippen molar-refractivity contribution in [3.05, 3.63) is 82.1 Å². The Morgan fingerprint density at radius 3 is 2.57 bits per heavy atom. The number of benzene rings is 2. The normalized spacial score (nSPS) is 21.2. The molecule has 0 saturated carbocycles. The van der Waals surface area contributed by atoms with Crippen LogP contribution in [-0.2, 0) is 4.79 Å². The monoisotopic (exact) mass is 393 g/mol. The van der Waals surface area contributed by atoms with Crippen LogP contribution in [0.3, 0.4) is 0 Å². The molecule has 1 saturated heterocycles. The van der Waals surface area contributed by atoms with Gasteiger partial charge in [-0.15, -0.1) is 0 Å². The molecule has 6 heteroatoms. The van der Waals surface area contributed by atoms with Gasteiger partial charge in [0.05, 0.1) is 29.2 Å². The number of hydrogen-bond acceptors (Lipinski definition) is 4. The van der Waals surface area contributed by atoms with Gasteiger partial charge in [0, 0.05) is 18.4 Å². The zero-order valence-electron chi connectivity index (χ0n) is 15.5. The molecule has 1 amide bonds. The smallest absolute Gasteiger partial charge is 0.229 e. The summed E-state index contributed by atoms with van der Waals surface area (Å²) in [5.41, 5.74) is 2.60. The highest BCUT2D eigenvalue weighted by Crippen LogP contribution is 2.43. The number of nitrogens with zero attached hydrogens (tertiary/aromatic N) is 3. The van der Waals surface area contributed by atoms with Crippen LogP contribution in [-0.4, -0.2) is 28.3 Å². The standard InChI is InChI=1S/C22H20FN3OS/c1-15(16-5-3-2-4-6-16)25-13-26-21(27)11-19(17-7-9-18(23)10-8-17)20(12-24)22(26)28-14-25/h2-10,15,19H,11,13-14H2,1H3/t15-,19-/m1/s1. The first kappa shape index (κ1) is 18.7. The number of rotatable bonds is 3. The van der Waals surface area contributed by atoms with Crippen LogP contribution < -0.4 is 0 Å². The van der Waals surface area contributed by atoms with Crippen LogP contribution in [0.1, 0.15) is 36.4 Å².